The van der Waals surface area contributed by atoms with Gasteiger partial charge in [-0.1, -0.05) is 24.3 Å². The van der Waals surface area contributed by atoms with Gasteiger partial charge in [0.05, 0.1) is 45.7 Å². The molecule has 0 saturated carbocycles. The molecule has 0 radical (unpaired) electrons. The number of piperidine rings is 1. The van der Waals surface area contributed by atoms with Gasteiger partial charge in [-0.3, -0.25) is 33.8 Å². The highest BCUT2D eigenvalue weighted by Gasteiger charge is 2.40. The van der Waals surface area contributed by atoms with Gasteiger partial charge in [-0.15, -0.1) is 0 Å². The number of likely N-dealkylation sites (tertiary alicyclic amines) is 1. The number of amides is 4. The number of nitrogen functional groups attached to an aromatic ring is 1. The van der Waals surface area contributed by atoms with Crippen molar-refractivity contribution >= 4 is 46.5 Å². The zero-order valence-electron chi connectivity index (χ0n) is 33.2. The molecule has 4 amide bonds. The lowest BCUT2D eigenvalue weighted by Crippen LogP contribution is -2.52. The molecule has 2 atom stereocenters. The number of imidazole rings is 1. The summed E-state index contributed by atoms with van der Waals surface area (Å²) in [6, 6.07) is 17.5. The van der Waals surface area contributed by atoms with Gasteiger partial charge in [0, 0.05) is 72.6 Å². The van der Waals surface area contributed by atoms with Gasteiger partial charge in [0.1, 0.15) is 34.7 Å². The maximum absolute atomic E-state index is 13.1. The topological polar surface area (TPSA) is 208 Å². The minimum atomic E-state index is -0.649. The fourth-order valence-electron chi connectivity index (χ4n) is 8.05. The minimum absolute atomic E-state index is 0.0702. The second-order valence-electron chi connectivity index (χ2n) is 14.8. The number of nitrogens with zero attached hydrogens (tertiary/aromatic N) is 6. The van der Waals surface area contributed by atoms with Gasteiger partial charge in [-0.05, 0) is 62.2 Å². The predicted octanol–water partition coefficient (Wildman–Crippen LogP) is 3.69. The predicted molar refractivity (Wildman–Crippen MR) is 222 cm³/mol. The number of carbonyl (C=O) groups is 4. The van der Waals surface area contributed by atoms with Gasteiger partial charge in [-0.25, -0.2) is 15.0 Å². The molecule has 17 heteroatoms. The first-order chi connectivity index (χ1) is 29.4. The summed E-state index contributed by atoms with van der Waals surface area (Å²) in [4.78, 5) is 67.5. The number of carbonyl (C=O) groups excluding carboxylic acids is 4. The number of nitrogens with two attached hydrogens (primary N) is 1. The van der Waals surface area contributed by atoms with Crippen molar-refractivity contribution in [3.8, 4) is 11.3 Å². The normalized spacial score (nSPS) is 17.9. The first-order valence-corrected chi connectivity index (χ1v) is 20.3. The number of pyridine rings is 1. The van der Waals surface area contributed by atoms with Crippen molar-refractivity contribution in [1.82, 2.24) is 34.5 Å². The maximum atomic E-state index is 13.1. The highest BCUT2D eigenvalue weighted by atomic mass is 16.5. The number of nitrogens with one attached hydrogen (secondary N) is 3. The molecule has 3 aliphatic heterocycles. The molecule has 60 heavy (non-hydrogen) atoms. The molecule has 2 fully saturated rings. The van der Waals surface area contributed by atoms with Crippen molar-refractivity contribution in [1.29, 1.82) is 0 Å². The smallest absolute Gasteiger partial charge is 0.256 e. The van der Waals surface area contributed by atoms with E-state index in [1.165, 1.54) is 0 Å². The largest absolute Gasteiger partial charge is 0.382 e. The fraction of sp³-hybridized carbons (Fsp3) is 0.372. The van der Waals surface area contributed by atoms with E-state index >= 15 is 0 Å². The van der Waals surface area contributed by atoms with Gasteiger partial charge in [0.25, 0.3) is 11.8 Å². The summed E-state index contributed by atoms with van der Waals surface area (Å²) in [5.41, 5.74) is 11.4. The van der Waals surface area contributed by atoms with Crippen molar-refractivity contribution in [2.24, 2.45) is 0 Å². The summed E-state index contributed by atoms with van der Waals surface area (Å²) in [5, 5.41) is 8.50. The first-order valence-electron chi connectivity index (χ1n) is 20.3. The third-order valence-corrected chi connectivity index (χ3v) is 11.0. The molecule has 1 unspecified atom stereocenters. The Hall–Kier alpha value is -6.27. The lowest BCUT2D eigenvalue weighted by molar-refractivity contribution is -0.136. The highest BCUT2D eigenvalue weighted by molar-refractivity contribution is 6.06. The molecule has 3 aromatic heterocycles. The lowest BCUT2D eigenvalue weighted by Gasteiger charge is -2.29. The van der Waals surface area contributed by atoms with Crippen molar-refractivity contribution in [2.45, 2.75) is 44.3 Å². The summed E-state index contributed by atoms with van der Waals surface area (Å²) < 4.78 is 19.5. The third-order valence-electron chi connectivity index (χ3n) is 11.0. The van der Waals surface area contributed by atoms with Gasteiger partial charge in [0.15, 0.2) is 0 Å². The van der Waals surface area contributed by atoms with E-state index in [0.717, 1.165) is 54.1 Å². The summed E-state index contributed by atoms with van der Waals surface area (Å²) in [6.45, 7) is 5.26. The average Bonchev–Trinajstić information content (AvgIpc) is 3.98. The molecule has 2 saturated heterocycles. The summed E-state index contributed by atoms with van der Waals surface area (Å²) >= 11 is 0. The van der Waals surface area contributed by atoms with Crippen LogP contribution in [-0.4, -0.2) is 118 Å². The summed E-state index contributed by atoms with van der Waals surface area (Å²) in [6.07, 6.45) is 7.74. The van der Waals surface area contributed by atoms with Crippen molar-refractivity contribution in [2.75, 3.05) is 75.6 Å². The van der Waals surface area contributed by atoms with Crippen LogP contribution in [0.5, 0.6) is 0 Å². The molecule has 0 spiro atoms. The molecule has 6 heterocycles. The first kappa shape index (κ1) is 40.5. The van der Waals surface area contributed by atoms with Crippen LogP contribution in [0.4, 0.5) is 17.3 Å². The minimum Gasteiger partial charge on any atom is -0.382 e. The monoisotopic (exact) mass is 816 g/mol. The number of imide groups is 1. The van der Waals surface area contributed by atoms with Crippen LogP contribution in [-0.2, 0) is 30.3 Å². The third kappa shape index (κ3) is 8.98. The van der Waals surface area contributed by atoms with Crippen LogP contribution in [0.15, 0.2) is 79.3 Å². The SMILES string of the molecule is Nc1nccn2c([C@@H]3CCCN3CCOCCOCCOCCNc3cccc4c3CN(C3CCC(=O)NC3=O)C4=O)nc(-c3ccc(C(=O)Nc4ccccn4)cc3)c12. The second kappa shape index (κ2) is 18.8. The molecule has 2 aromatic carbocycles. The van der Waals surface area contributed by atoms with Crippen molar-refractivity contribution in [3.05, 3.63) is 102 Å². The Bertz CT molecular complexity index is 2340. The molecule has 5 N–H and O–H groups in total. The standard InChI is InChI=1S/C43H48N10O7/c44-39-38-37(28-9-11-29(12-10-28)41(55)48-35-8-1-2-15-46-35)50-40(52(38)19-16-47-39)33-7-4-18-51(33)20-22-59-24-26-60-25-23-58-21-17-45-32-6-3-5-30-31(32)27-53(43(30)57)34-13-14-36(54)49-42(34)56/h1-3,5-6,8-12,15-16,19,33-34,45H,4,7,13-14,17-18,20-27H2,(H2,44,47)(H,46,48,55)(H,49,54,56)/t33-,34?/m0/s1. The van der Waals surface area contributed by atoms with Crippen LogP contribution >= 0.6 is 0 Å². The Labute approximate surface area is 346 Å². The summed E-state index contributed by atoms with van der Waals surface area (Å²) in [7, 11) is 0. The van der Waals surface area contributed by atoms with Gasteiger partial charge in [-0.2, -0.15) is 0 Å². The Morgan fingerprint density at radius 3 is 2.45 bits per heavy atom. The van der Waals surface area contributed by atoms with Crippen molar-refractivity contribution in [3.63, 3.8) is 0 Å². The zero-order valence-corrected chi connectivity index (χ0v) is 33.2. The lowest BCUT2D eigenvalue weighted by atomic mass is 10.0. The van der Waals surface area contributed by atoms with Crippen LogP contribution in [0, 0.1) is 0 Å². The molecule has 312 valence electrons. The van der Waals surface area contributed by atoms with E-state index in [-0.39, 0.29) is 30.2 Å². The van der Waals surface area contributed by atoms with Crippen LogP contribution in [0.2, 0.25) is 0 Å². The Morgan fingerprint density at radius 2 is 1.67 bits per heavy atom. The van der Waals surface area contributed by atoms with E-state index in [0.29, 0.717) is 87.6 Å². The quantitative estimate of drug-likeness (QED) is 0.0737. The molecule has 5 aromatic rings. The number of fused-ring (bicyclic) bond motifs is 2. The van der Waals surface area contributed by atoms with Crippen LogP contribution in [0.3, 0.4) is 0 Å². The number of ether oxygens (including phenoxy) is 3. The molecular weight excluding hydrogens is 769 g/mol. The number of hydrogen-bond donors (Lipinski definition) is 4. The molecular formula is C43H48N10O7. The van der Waals surface area contributed by atoms with Crippen LogP contribution in [0.1, 0.15) is 63.8 Å². The Morgan fingerprint density at radius 1 is 0.867 bits per heavy atom. The molecule has 8 rings (SSSR count). The van der Waals surface area contributed by atoms with Gasteiger partial charge in [0.2, 0.25) is 11.8 Å². The van der Waals surface area contributed by atoms with E-state index in [4.69, 9.17) is 24.9 Å². The molecule has 0 bridgehead atoms. The number of benzene rings is 2. The highest BCUT2D eigenvalue weighted by Crippen LogP contribution is 2.36. The maximum Gasteiger partial charge on any atom is 0.256 e. The van der Waals surface area contributed by atoms with Crippen LogP contribution < -0.4 is 21.7 Å². The molecule has 0 aliphatic carbocycles. The fourth-order valence-corrected chi connectivity index (χ4v) is 8.05. The number of aromatic nitrogens is 4. The van der Waals surface area contributed by atoms with Crippen molar-refractivity contribution < 1.29 is 33.4 Å². The van der Waals surface area contributed by atoms with Crippen LogP contribution in [0.25, 0.3) is 16.8 Å². The zero-order chi connectivity index (χ0) is 41.4. The number of anilines is 3. The van der Waals surface area contributed by atoms with Gasteiger partial charge >= 0.3 is 0 Å². The Kier molecular flexibility index (Phi) is 12.7. The summed E-state index contributed by atoms with van der Waals surface area (Å²) in [5.74, 6) is 0.575. The van der Waals surface area contributed by atoms with E-state index in [1.54, 1.807) is 47.6 Å². The van der Waals surface area contributed by atoms with E-state index in [1.807, 2.05) is 40.9 Å². The average molecular weight is 817 g/mol. The molecule has 3 aliphatic rings. The number of hydrogen-bond acceptors (Lipinski definition) is 13. The van der Waals surface area contributed by atoms with E-state index < -0.39 is 11.9 Å². The number of rotatable bonds is 18. The second-order valence-corrected chi connectivity index (χ2v) is 14.8. The Balaban J connectivity index is 0.747. The van der Waals surface area contributed by atoms with Gasteiger partial charge < -0.3 is 35.5 Å². The van der Waals surface area contributed by atoms with E-state index in [2.05, 4.69) is 30.8 Å². The molecule has 17 nitrogen and oxygen atoms in total. The van der Waals surface area contributed by atoms with E-state index in [9.17, 15) is 19.2 Å².